The zero-order valence-corrected chi connectivity index (χ0v) is 35.7. The lowest BCUT2D eigenvalue weighted by molar-refractivity contribution is 0.690. The SMILES string of the molecule is [2H]C([2H])(c1cc(-c2ccc(C)cc2C)cc(N2CN(c3ccccc3)c3ccccc32)c1)c1ccc2c3ccccc3n(-c3cc(C(C)(c4ccccc4)c4ccccc4)ccn3)c2c1. The minimum Gasteiger partial charge on any atom is -0.321 e. The summed E-state index contributed by atoms with van der Waals surface area (Å²) in [7, 11) is 0. The van der Waals surface area contributed by atoms with E-state index < -0.39 is 11.8 Å². The maximum atomic E-state index is 10.1. The van der Waals surface area contributed by atoms with E-state index in [0.29, 0.717) is 17.8 Å². The van der Waals surface area contributed by atoms with Gasteiger partial charge in [0.1, 0.15) is 12.5 Å². The molecule has 0 bridgehead atoms. The van der Waals surface area contributed by atoms with Gasteiger partial charge >= 0.3 is 0 Å². The maximum Gasteiger partial charge on any atom is 0.137 e. The number of aromatic nitrogens is 2. The smallest absolute Gasteiger partial charge is 0.137 e. The average Bonchev–Trinajstić information content (AvgIpc) is 3.91. The van der Waals surface area contributed by atoms with Crippen molar-refractivity contribution in [2.75, 3.05) is 16.5 Å². The van der Waals surface area contributed by atoms with Crippen molar-refractivity contribution in [3.63, 3.8) is 0 Å². The number of rotatable bonds is 9. The molecule has 0 amide bonds. The van der Waals surface area contributed by atoms with Gasteiger partial charge in [-0.15, -0.1) is 0 Å². The van der Waals surface area contributed by atoms with E-state index in [1.807, 2.05) is 24.4 Å². The van der Waals surface area contributed by atoms with Crippen LogP contribution in [0.4, 0.5) is 22.7 Å². The summed E-state index contributed by atoms with van der Waals surface area (Å²) in [5.41, 5.74) is 14.7. The lowest BCUT2D eigenvalue weighted by Crippen LogP contribution is -2.25. The fourth-order valence-electron chi connectivity index (χ4n) is 9.75. The molecule has 0 N–H and O–H groups in total. The number of nitrogens with zero attached hydrogens (tertiary/aromatic N) is 4. The quantitative estimate of drug-likeness (QED) is 0.145. The summed E-state index contributed by atoms with van der Waals surface area (Å²) in [6.07, 6.45) is 0.0275. The fraction of sp³-hybridized carbons (Fsp3) is 0.102. The predicted octanol–water partition coefficient (Wildman–Crippen LogP) is 14.7. The largest absolute Gasteiger partial charge is 0.321 e. The molecule has 0 saturated heterocycles. The molecule has 4 nitrogen and oxygen atoms in total. The number of para-hydroxylation sites is 4. The molecule has 11 rings (SSSR count). The third-order valence-electron chi connectivity index (χ3n) is 13.0. The van der Waals surface area contributed by atoms with E-state index in [2.05, 4.69) is 223 Å². The van der Waals surface area contributed by atoms with E-state index in [-0.39, 0.29) is 0 Å². The summed E-state index contributed by atoms with van der Waals surface area (Å²) in [4.78, 5) is 9.69. The van der Waals surface area contributed by atoms with Crippen molar-refractivity contribution in [2.45, 2.75) is 32.6 Å². The Bertz CT molecular complexity index is 3340. The second kappa shape index (κ2) is 15.6. The van der Waals surface area contributed by atoms with Crippen molar-refractivity contribution >= 4 is 44.6 Å². The number of hydrogen-bond acceptors (Lipinski definition) is 3. The Balaban J connectivity index is 1.08. The van der Waals surface area contributed by atoms with Crippen molar-refractivity contribution < 1.29 is 2.74 Å². The molecule has 4 heteroatoms. The van der Waals surface area contributed by atoms with Crippen LogP contribution in [0, 0.1) is 13.8 Å². The Morgan fingerprint density at radius 1 is 0.524 bits per heavy atom. The zero-order valence-electron chi connectivity index (χ0n) is 37.7. The monoisotopic (exact) mass is 814 g/mol. The van der Waals surface area contributed by atoms with Crippen molar-refractivity contribution in [1.82, 2.24) is 9.55 Å². The standard InChI is InChI=1S/C59H48N4/c1-41-27-29-51(42(2)33-41)45-35-44(36-50(38-45)62-40-61(49-21-11-6-12-22-49)55-25-15-16-26-56(55)62)34-43-28-30-53-52-23-13-14-24-54(52)63(57(53)37-43)58-39-48(31-32-60-58)59(3,46-17-7-4-8-18-46)47-19-9-5-10-20-47/h4-33,35-39H,34,40H2,1-3H3/i34D2. The summed E-state index contributed by atoms with van der Waals surface area (Å²) < 4.78 is 22.5. The highest BCUT2D eigenvalue weighted by atomic mass is 15.4. The molecule has 0 aliphatic carbocycles. The van der Waals surface area contributed by atoms with Crippen LogP contribution in [0.1, 0.15) is 48.6 Å². The van der Waals surface area contributed by atoms with Crippen LogP contribution < -0.4 is 9.80 Å². The Morgan fingerprint density at radius 3 is 1.87 bits per heavy atom. The van der Waals surface area contributed by atoms with Crippen LogP contribution in [-0.2, 0) is 11.8 Å². The third kappa shape index (κ3) is 6.76. The number of benzene rings is 8. The molecule has 8 aromatic carbocycles. The first-order valence-electron chi connectivity index (χ1n) is 22.7. The van der Waals surface area contributed by atoms with Gasteiger partial charge in [-0.3, -0.25) is 4.57 Å². The molecule has 1 aliphatic rings. The van der Waals surface area contributed by atoms with Gasteiger partial charge in [0, 0.05) is 36.5 Å². The molecule has 0 saturated carbocycles. The highest BCUT2D eigenvalue weighted by Crippen LogP contribution is 2.46. The molecule has 10 aromatic rings. The van der Waals surface area contributed by atoms with Gasteiger partial charge in [0.15, 0.2) is 0 Å². The number of anilines is 4. The Hall–Kier alpha value is -7.69. The second-order valence-corrected chi connectivity index (χ2v) is 16.9. The van der Waals surface area contributed by atoms with E-state index in [1.165, 1.54) is 16.7 Å². The predicted molar refractivity (Wildman–Crippen MR) is 263 cm³/mol. The second-order valence-electron chi connectivity index (χ2n) is 16.9. The normalized spacial score (nSPS) is 13.3. The molecular formula is C59H48N4. The highest BCUT2D eigenvalue weighted by molar-refractivity contribution is 6.09. The first-order valence-corrected chi connectivity index (χ1v) is 21.7. The lowest BCUT2D eigenvalue weighted by atomic mass is 9.71. The van der Waals surface area contributed by atoms with Crippen LogP contribution in [-0.4, -0.2) is 16.2 Å². The Morgan fingerprint density at radius 2 is 1.16 bits per heavy atom. The molecular weight excluding hydrogens is 765 g/mol. The van der Waals surface area contributed by atoms with Gasteiger partial charge in [0.25, 0.3) is 0 Å². The van der Waals surface area contributed by atoms with Gasteiger partial charge in [-0.2, -0.15) is 0 Å². The average molecular weight is 815 g/mol. The van der Waals surface area contributed by atoms with E-state index in [1.54, 1.807) is 0 Å². The van der Waals surface area contributed by atoms with Gasteiger partial charge in [0.2, 0.25) is 0 Å². The van der Waals surface area contributed by atoms with Crippen molar-refractivity contribution in [3.8, 4) is 16.9 Å². The number of fused-ring (bicyclic) bond motifs is 4. The summed E-state index contributed by atoms with van der Waals surface area (Å²) in [5, 5.41) is 2.13. The molecule has 1 aliphatic heterocycles. The minimum absolute atomic E-state index is 0.464. The molecule has 0 atom stereocenters. The van der Waals surface area contributed by atoms with Crippen molar-refractivity contribution in [3.05, 3.63) is 251 Å². The van der Waals surface area contributed by atoms with Gasteiger partial charge in [-0.25, -0.2) is 4.98 Å². The summed E-state index contributed by atoms with van der Waals surface area (Å²) >= 11 is 0. The van der Waals surface area contributed by atoms with E-state index >= 15 is 0 Å². The molecule has 3 heterocycles. The topological polar surface area (TPSA) is 24.3 Å². The summed E-state index contributed by atoms with van der Waals surface area (Å²) in [6, 6.07) is 72.0. The van der Waals surface area contributed by atoms with Crippen LogP contribution in [0.2, 0.25) is 0 Å². The van der Waals surface area contributed by atoms with Crippen LogP contribution in [0.3, 0.4) is 0 Å². The highest BCUT2D eigenvalue weighted by Gasteiger charge is 2.32. The lowest BCUT2D eigenvalue weighted by Gasteiger charge is -2.32. The number of aryl methyl sites for hydroxylation is 2. The van der Waals surface area contributed by atoms with Crippen LogP contribution in [0.15, 0.2) is 212 Å². The van der Waals surface area contributed by atoms with Crippen LogP contribution >= 0.6 is 0 Å². The summed E-state index contributed by atoms with van der Waals surface area (Å²) in [6.45, 7) is 7.14. The number of pyridine rings is 1. The van der Waals surface area contributed by atoms with E-state index in [4.69, 9.17) is 4.98 Å². The number of hydrogen-bond donors (Lipinski definition) is 0. The van der Waals surface area contributed by atoms with Crippen molar-refractivity contribution in [1.29, 1.82) is 0 Å². The molecule has 0 spiro atoms. The Kier molecular flexibility index (Phi) is 8.94. The van der Waals surface area contributed by atoms with Gasteiger partial charge in [-0.05, 0) is 132 Å². The zero-order chi connectivity index (χ0) is 44.3. The van der Waals surface area contributed by atoms with Crippen molar-refractivity contribution in [2.24, 2.45) is 0 Å². The van der Waals surface area contributed by atoms with E-state index in [9.17, 15) is 2.74 Å². The van der Waals surface area contributed by atoms with Crippen LogP contribution in [0.25, 0.3) is 38.8 Å². The van der Waals surface area contributed by atoms with Gasteiger partial charge in [0.05, 0.1) is 22.4 Å². The maximum absolute atomic E-state index is 10.1. The molecule has 0 unspecified atom stereocenters. The van der Waals surface area contributed by atoms with Gasteiger partial charge < -0.3 is 9.80 Å². The fourth-order valence-corrected chi connectivity index (χ4v) is 9.75. The molecule has 2 aromatic heterocycles. The minimum atomic E-state index is -1.88. The third-order valence-corrected chi connectivity index (χ3v) is 13.0. The van der Waals surface area contributed by atoms with Gasteiger partial charge in [-0.1, -0.05) is 151 Å². The molecule has 63 heavy (non-hydrogen) atoms. The molecule has 0 radical (unpaired) electrons. The first-order chi connectivity index (χ1) is 31.7. The summed E-state index contributed by atoms with van der Waals surface area (Å²) in [5.74, 6) is 0.777. The van der Waals surface area contributed by atoms with E-state index in [0.717, 1.165) is 72.6 Å². The molecule has 0 fully saturated rings. The van der Waals surface area contributed by atoms with Crippen LogP contribution in [0.5, 0.6) is 0 Å². The first kappa shape index (κ1) is 36.0. The Labute approximate surface area is 372 Å². The molecule has 304 valence electrons.